The SMILES string of the molecule is Cc1ccn2c(NC3CCCN(C)C3)nnc(Cl)c12. The van der Waals surface area contributed by atoms with Crippen molar-refractivity contribution >= 4 is 23.1 Å². The Kier molecular flexibility index (Phi) is 3.33. The van der Waals surface area contributed by atoms with E-state index in [0.29, 0.717) is 11.2 Å². The maximum Gasteiger partial charge on any atom is 0.228 e. The molecule has 1 fully saturated rings. The maximum atomic E-state index is 6.11. The van der Waals surface area contributed by atoms with Crippen LogP contribution in [0, 0.1) is 6.92 Å². The highest BCUT2D eigenvalue weighted by Gasteiger charge is 2.19. The lowest BCUT2D eigenvalue weighted by Gasteiger charge is -2.30. The van der Waals surface area contributed by atoms with Crippen LogP contribution in [0.15, 0.2) is 12.3 Å². The molecule has 0 aliphatic carbocycles. The van der Waals surface area contributed by atoms with Crippen molar-refractivity contribution in [3.8, 4) is 0 Å². The highest BCUT2D eigenvalue weighted by Crippen LogP contribution is 2.23. The summed E-state index contributed by atoms with van der Waals surface area (Å²) in [6, 6.07) is 2.45. The average Bonchev–Trinajstić information content (AvgIpc) is 2.76. The summed E-state index contributed by atoms with van der Waals surface area (Å²) in [5.41, 5.74) is 2.05. The number of nitrogens with zero attached hydrogens (tertiary/aromatic N) is 4. The summed E-state index contributed by atoms with van der Waals surface area (Å²) in [6.45, 7) is 4.23. The molecule has 0 spiro atoms. The van der Waals surface area contributed by atoms with Gasteiger partial charge in [0.2, 0.25) is 5.95 Å². The standard InChI is InChI=1S/C13H18ClN5/c1-9-5-7-19-11(9)12(14)16-17-13(19)15-10-4-3-6-18(2)8-10/h5,7,10H,3-4,6,8H2,1-2H3,(H,15,17). The minimum absolute atomic E-state index is 0.417. The molecular weight excluding hydrogens is 262 g/mol. The van der Waals surface area contributed by atoms with Gasteiger partial charge in [-0.1, -0.05) is 11.6 Å². The molecule has 3 rings (SSSR count). The fraction of sp³-hybridized carbons (Fsp3) is 0.538. The number of aryl methyl sites for hydroxylation is 1. The molecule has 0 amide bonds. The van der Waals surface area contributed by atoms with Crippen LogP contribution in [0.2, 0.25) is 5.15 Å². The Balaban J connectivity index is 1.91. The van der Waals surface area contributed by atoms with Crippen LogP contribution in [0.4, 0.5) is 5.95 Å². The molecule has 1 aliphatic rings. The molecule has 5 nitrogen and oxygen atoms in total. The number of aromatic nitrogens is 3. The second-order valence-electron chi connectivity index (χ2n) is 5.28. The van der Waals surface area contributed by atoms with Crippen molar-refractivity contribution in [3.05, 3.63) is 23.0 Å². The predicted molar refractivity (Wildman–Crippen MR) is 76.9 cm³/mol. The molecule has 2 aromatic heterocycles. The molecule has 3 heterocycles. The molecule has 0 radical (unpaired) electrons. The van der Waals surface area contributed by atoms with E-state index in [1.165, 1.54) is 13.0 Å². The van der Waals surface area contributed by atoms with Crippen molar-refractivity contribution in [2.75, 3.05) is 25.5 Å². The maximum absolute atomic E-state index is 6.11. The van der Waals surface area contributed by atoms with Gasteiger partial charge in [-0.2, -0.15) is 0 Å². The number of fused-ring (bicyclic) bond motifs is 1. The zero-order chi connectivity index (χ0) is 13.4. The molecular formula is C13H18ClN5. The van der Waals surface area contributed by atoms with E-state index in [1.807, 2.05) is 23.6 Å². The third-order valence-corrected chi connectivity index (χ3v) is 3.96. The number of rotatable bonds is 2. The van der Waals surface area contributed by atoms with Gasteiger partial charge in [0.05, 0.1) is 5.52 Å². The highest BCUT2D eigenvalue weighted by molar-refractivity contribution is 6.32. The molecule has 102 valence electrons. The van der Waals surface area contributed by atoms with Gasteiger partial charge in [0, 0.05) is 18.8 Å². The first kappa shape index (κ1) is 12.7. The molecule has 0 saturated carbocycles. The van der Waals surface area contributed by atoms with Gasteiger partial charge in [0.1, 0.15) is 0 Å². The first-order valence-corrected chi connectivity index (χ1v) is 6.98. The lowest BCUT2D eigenvalue weighted by atomic mass is 10.1. The van der Waals surface area contributed by atoms with Crippen LogP contribution in [0.1, 0.15) is 18.4 Å². The fourth-order valence-electron chi connectivity index (χ4n) is 2.72. The second-order valence-corrected chi connectivity index (χ2v) is 5.64. The Labute approximate surface area is 117 Å². The minimum atomic E-state index is 0.417. The van der Waals surface area contributed by atoms with Crippen LogP contribution in [0.3, 0.4) is 0 Å². The Bertz CT molecular complexity index is 594. The van der Waals surface area contributed by atoms with E-state index in [4.69, 9.17) is 11.6 Å². The van der Waals surface area contributed by atoms with Crippen LogP contribution in [0.5, 0.6) is 0 Å². The smallest absolute Gasteiger partial charge is 0.228 e. The van der Waals surface area contributed by atoms with Crippen molar-refractivity contribution in [1.82, 2.24) is 19.5 Å². The summed E-state index contributed by atoms with van der Waals surface area (Å²) in [7, 11) is 2.15. The minimum Gasteiger partial charge on any atom is -0.350 e. The first-order valence-electron chi connectivity index (χ1n) is 6.60. The Morgan fingerprint density at radius 3 is 3.05 bits per heavy atom. The van der Waals surface area contributed by atoms with Crippen molar-refractivity contribution in [2.24, 2.45) is 0 Å². The van der Waals surface area contributed by atoms with Crippen molar-refractivity contribution in [1.29, 1.82) is 0 Å². The largest absolute Gasteiger partial charge is 0.350 e. The third-order valence-electron chi connectivity index (χ3n) is 3.70. The van der Waals surface area contributed by atoms with Gasteiger partial charge in [-0.15, -0.1) is 10.2 Å². The number of likely N-dealkylation sites (tertiary alicyclic amines) is 1. The molecule has 19 heavy (non-hydrogen) atoms. The number of hydrogen-bond donors (Lipinski definition) is 1. The topological polar surface area (TPSA) is 45.5 Å². The number of anilines is 1. The summed E-state index contributed by atoms with van der Waals surface area (Å²) < 4.78 is 1.99. The molecule has 0 bridgehead atoms. The molecule has 1 atom stereocenters. The Hall–Kier alpha value is -1.33. The number of halogens is 1. The van der Waals surface area contributed by atoms with Crippen LogP contribution >= 0.6 is 11.6 Å². The van der Waals surface area contributed by atoms with E-state index in [9.17, 15) is 0 Å². The van der Waals surface area contributed by atoms with Crippen LogP contribution in [-0.4, -0.2) is 45.7 Å². The van der Waals surface area contributed by atoms with E-state index >= 15 is 0 Å². The van der Waals surface area contributed by atoms with Crippen molar-refractivity contribution in [3.63, 3.8) is 0 Å². The lowest BCUT2D eigenvalue weighted by molar-refractivity contribution is 0.260. The molecule has 6 heteroatoms. The summed E-state index contributed by atoms with van der Waals surface area (Å²) in [6.07, 6.45) is 4.36. The number of hydrogen-bond acceptors (Lipinski definition) is 4. The van der Waals surface area contributed by atoms with Gasteiger partial charge in [-0.3, -0.25) is 4.40 Å². The zero-order valence-corrected chi connectivity index (χ0v) is 12.0. The van der Waals surface area contributed by atoms with E-state index < -0.39 is 0 Å². The first-order chi connectivity index (χ1) is 9.15. The Morgan fingerprint density at radius 2 is 2.26 bits per heavy atom. The second kappa shape index (κ2) is 4.98. The van der Waals surface area contributed by atoms with Crippen LogP contribution in [-0.2, 0) is 0 Å². The molecule has 1 aliphatic heterocycles. The van der Waals surface area contributed by atoms with Gasteiger partial charge >= 0.3 is 0 Å². The Morgan fingerprint density at radius 1 is 1.42 bits per heavy atom. The van der Waals surface area contributed by atoms with Crippen LogP contribution in [0.25, 0.3) is 5.52 Å². The van der Waals surface area contributed by atoms with Crippen molar-refractivity contribution in [2.45, 2.75) is 25.8 Å². The lowest BCUT2D eigenvalue weighted by Crippen LogP contribution is -2.40. The van der Waals surface area contributed by atoms with E-state index in [-0.39, 0.29) is 0 Å². The summed E-state index contributed by atoms with van der Waals surface area (Å²) in [4.78, 5) is 2.34. The number of nitrogens with one attached hydrogen (secondary N) is 1. The molecule has 1 unspecified atom stereocenters. The molecule has 0 aromatic carbocycles. The number of piperidine rings is 1. The van der Waals surface area contributed by atoms with Gasteiger partial charge in [-0.25, -0.2) is 0 Å². The molecule has 1 N–H and O–H groups in total. The predicted octanol–water partition coefficient (Wildman–Crippen LogP) is 2.20. The average molecular weight is 280 g/mol. The highest BCUT2D eigenvalue weighted by atomic mass is 35.5. The fourth-order valence-corrected chi connectivity index (χ4v) is 3.00. The summed E-state index contributed by atoms with van der Waals surface area (Å²) >= 11 is 6.11. The summed E-state index contributed by atoms with van der Waals surface area (Å²) in [5.74, 6) is 0.771. The van der Waals surface area contributed by atoms with Gasteiger partial charge < -0.3 is 10.2 Å². The zero-order valence-electron chi connectivity index (χ0n) is 11.2. The third kappa shape index (κ3) is 2.40. The normalized spacial score (nSPS) is 20.9. The molecule has 2 aromatic rings. The molecule has 1 saturated heterocycles. The number of likely N-dealkylation sites (N-methyl/N-ethyl adjacent to an activating group) is 1. The quantitative estimate of drug-likeness (QED) is 0.915. The van der Waals surface area contributed by atoms with Gasteiger partial charge in [0.25, 0.3) is 0 Å². The van der Waals surface area contributed by atoms with Crippen molar-refractivity contribution < 1.29 is 0 Å². The van der Waals surface area contributed by atoms with Crippen LogP contribution < -0.4 is 5.32 Å². The summed E-state index contributed by atoms with van der Waals surface area (Å²) in [5, 5.41) is 12.2. The van der Waals surface area contributed by atoms with Gasteiger partial charge in [0.15, 0.2) is 5.15 Å². The van der Waals surface area contributed by atoms with E-state index in [1.54, 1.807) is 0 Å². The van der Waals surface area contributed by atoms with E-state index in [2.05, 4.69) is 27.5 Å². The monoisotopic (exact) mass is 279 g/mol. The van der Waals surface area contributed by atoms with Gasteiger partial charge in [-0.05, 0) is 45.0 Å². The van der Waals surface area contributed by atoms with E-state index in [0.717, 1.165) is 30.0 Å².